The summed E-state index contributed by atoms with van der Waals surface area (Å²) in [5.41, 5.74) is 2.71. The Morgan fingerprint density at radius 3 is 2.68 bits per heavy atom. The molecule has 0 bridgehead atoms. The van der Waals surface area contributed by atoms with Gasteiger partial charge in [-0.1, -0.05) is 30.3 Å². The van der Waals surface area contributed by atoms with Gasteiger partial charge in [0.25, 0.3) is 0 Å². The van der Waals surface area contributed by atoms with E-state index >= 15 is 0 Å². The minimum absolute atomic E-state index is 0. The standard InChI is InChI=1S/C24H33NO2.ClH/c1-2-26-23-14-7-10-20(17-23)9-3-4-12-22-13-5-6-15-24(22)27-19-21-11-8-16-25-18-21;/h5-7,10,13-15,17,21,25H,2-4,8-9,11-12,16,18-19H2,1H3;1H. The van der Waals surface area contributed by atoms with E-state index in [2.05, 4.69) is 47.8 Å². The first-order valence-corrected chi connectivity index (χ1v) is 10.6. The highest BCUT2D eigenvalue weighted by molar-refractivity contribution is 5.33. The minimum atomic E-state index is 0. The van der Waals surface area contributed by atoms with E-state index in [-0.39, 0.29) is 12.4 Å². The van der Waals surface area contributed by atoms with E-state index in [4.69, 9.17) is 9.47 Å². The van der Waals surface area contributed by atoms with E-state index in [1.165, 1.54) is 49.9 Å². The zero-order chi connectivity index (χ0) is 18.7. The summed E-state index contributed by atoms with van der Waals surface area (Å²) in [6.07, 6.45) is 7.16. The molecule has 0 aromatic heterocycles. The average Bonchev–Trinajstić information content (AvgIpc) is 2.72. The van der Waals surface area contributed by atoms with Crippen molar-refractivity contribution in [3.8, 4) is 11.5 Å². The van der Waals surface area contributed by atoms with Crippen LogP contribution in [0.4, 0.5) is 0 Å². The van der Waals surface area contributed by atoms with Crippen LogP contribution >= 0.6 is 0 Å². The van der Waals surface area contributed by atoms with Gasteiger partial charge < -0.3 is 27.2 Å². The summed E-state index contributed by atoms with van der Waals surface area (Å²) < 4.78 is 11.8. The molecule has 3 rings (SSSR count). The number of quaternary nitrogens is 1. The van der Waals surface area contributed by atoms with Crippen LogP contribution in [0.15, 0.2) is 48.5 Å². The number of hydrogen-bond donors (Lipinski definition) is 1. The van der Waals surface area contributed by atoms with Crippen molar-refractivity contribution >= 4 is 0 Å². The Hall–Kier alpha value is -1.71. The second-order valence-corrected chi connectivity index (χ2v) is 7.53. The fourth-order valence-corrected chi connectivity index (χ4v) is 3.83. The minimum Gasteiger partial charge on any atom is -1.00 e. The Balaban J connectivity index is 0.00000280. The highest BCUT2D eigenvalue weighted by atomic mass is 35.5. The number of para-hydroxylation sites is 1. The van der Waals surface area contributed by atoms with Gasteiger partial charge in [0, 0.05) is 5.92 Å². The van der Waals surface area contributed by atoms with Crippen molar-refractivity contribution in [2.75, 3.05) is 26.3 Å². The van der Waals surface area contributed by atoms with Crippen molar-refractivity contribution in [3.63, 3.8) is 0 Å². The van der Waals surface area contributed by atoms with E-state index in [0.29, 0.717) is 5.92 Å². The monoisotopic (exact) mass is 403 g/mol. The number of ether oxygens (including phenoxy) is 2. The molecule has 2 aromatic carbocycles. The molecule has 154 valence electrons. The molecule has 0 aliphatic carbocycles. The van der Waals surface area contributed by atoms with Crippen LogP contribution in [-0.2, 0) is 12.8 Å². The lowest BCUT2D eigenvalue weighted by atomic mass is 10.0. The molecule has 2 N–H and O–H groups in total. The third-order valence-electron chi connectivity index (χ3n) is 5.34. The summed E-state index contributed by atoms with van der Waals surface area (Å²) in [5, 5.41) is 2.42. The predicted molar refractivity (Wildman–Crippen MR) is 111 cm³/mol. The summed E-state index contributed by atoms with van der Waals surface area (Å²) in [6, 6.07) is 17.1. The van der Waals surface area contributed by atoms with E-state index in [1.807, 2.05) is 13.0 Å². The van der Waals surface area contributed by atoms with Gasteiger partial charge >= 0.3 is 0 Å². The quantitative estimate of drug-likeness (QED) is 0.601. The third-order valence-corrected chi connectivity index (χ3v) is 5.34. The summed E-state index contributed by atoms with van der Waals surface area (Å²) in [4.78, 5) is 0. The van der Waals surface area contributed by atoms with Crippen LogP contribution in [0.2, 0.25) is 0 Å². The lowest BCUT2D eigenvalue weighted by Crippen LogP contribution is -3.00. The second kappa shape index (κ2) is 12.7. The van der Waals surface area contributed by atoms with Crippen LogP contribution in [0.3, 0.4) is 0 Å². The van der Waals surface area contributed by atoms with Crippen LogP contribution in [0, 0.1) is 5.92 Å². The zero-order valence-corrected chi connectivity index (χ0v) is 17.8. The molecule has 1 aliphatic heterocycles. The summed E-state index contributed by atoms with van der Waals surface area (Å²) in [6.45, 7) is 6.10. The van der Waals surface area contributed by atoms with E-state index in [9.17, 15) is 0 Å². The lowest BCUT2D eigenvalue weighted by molar-refractivity contribution is -0.669. The van der Waals surface area contributed by atoms with Gasteiger partial charge in [-0.05, 0) is 74.8 Å². The summed E-state index contributed by atoms with van der Waals surface area (Å²) >= 11 is 0. The summed E-state index contributed by atoms with van der Waals surface area (Å²) in [7, 11) is 0. The highest BCUT2D eigenvalue weighted by Gasteiger charge is 2.17. The molecular weight excluding hydrogens is 370 g/mol. The molecular formula is C24H34ClNO2. The molecule has 28 heavy (non-hydrogen) atoms. The van der Waals surface area contributed by atoms with E-state index in [1.54, 1.807) is 0 Å². The van der Waals surface area contributed by atoms with E-state index in [0.717, 1.165) is 37.6 Å². The van der Waals surface area contributed by atoms with Gasteiger partial charge in [-0.3, -0.25) is 0 Å². The zero-order valence-electron chi connectivity index (χ0n) is 17.0. The second-order valence-electron chi connectivity index (χ2n) is 7.53. The van der Waals surface area contributed by atoms with Crippen LogP contribution in [0.25, 0.3) is 0 Å². The van der Waals surface area contributed by atoms with Crippen LogP contribution < -0.4 is 27.2 Å². The van der Waals surface area contributed by atoms with Gasteiger partial charge in [0.1, 0.15) is 11.5 Å². The molecule has 1 saturated heterocycles. The number of halogens is 1. The topological polar surface area (TPSA) is 35.1 Å². The first-order valence-electron chi connectivity index (χ1n) is 10.6. The Kier molecular flexibility index (Phi) is 10.2. The average molecular weight is 404 g/mol. The Bertz CT molecular complexity index is 686. The number of piperidine rings is 1. The smallest absolute Gasteiger partial charge is 0.122 e. The Labute approximate surface area is 176 Å². The first-order chi connectivity index (χ1) is 13.3. The van der Waals surface area contributed by atoms with Crippen molar-refractivity contribution in [1.82, 2.24) is 0 Å². The number of benzene rings is 2. The van der Waals surface area contributed by atoms with Gasteiger partial charge in [0.05, 0.1) is 26.3 Å². The molecule has 1 fully saturated rings. The van der Waals surface area contributed by atoms with Gasteiger partial charge in [-0.2, -0.15) is 0 Å². The van der Waals surface area contributed by atoms with Crippen molar-refractivity contribution in [2.24, 2.45) is 5.92 Å². The maximum atomic E-state index is 6.20. The first kappa shape index (κ1) is 22.6. The van der Waals surface area contributed by atoms with Gasteiger partial charge in [-0.15, -0.1) is 0 Å². The molecule has 1 atom stereocenters. The normalized spacial score (nSPS) is 16.2. The molecule has 3 nitrogen and oxygen atoms in total. The van der Waals surface area contributed by atoms with Gasteiger partial charge in [0.2, 0.25) is 0 Å². The number of aryl methyl sites for hydroxylation is 2. The molecule has 0 amide bonds. The van der Waals surface area contributed by atoms with Crippen molar-refractivity contribution in [2.45, 2.75) is 45.4 Å². The fraction of sp³-hybridized carbons (Fsp3) is 0.500. The van der Waals surface area contributed by atoms with E-state index < -0.39 is 0 Å². The lowest BCUT2D eigenvalue weighted by Gasteiger charge is -2.21. The van der Waals surface area contributed by atoms with Gasteiger partial charge in [0.15, 0.2) is 0 Å². The SMILES string of the molecule is CCOc1cccc(CCCCc2ccccc2OCC2CCC[NH2+]C2)c1.[Cl-]. The van der Waals surface area contributed by atoms with Crippen LogP contribution in [-0.4, -0.2) is 26.3 Å². The fourth-order valence-electron chi connectivity index (χ4n) is 3.83. The van der Waals surface area contributed by atoms with Crippen molar-refractivity contribution < 1.29 is 27.2 Å². The largest absolute Gasteiger partial charge is 1.00 e. The highest BCUT2D eigenvalue weighted by Crippen LogP contribution is 2.22. The Morgan fingerprint density at radius 1 is 1.00 bits per heavy atom. The maximum absolute atomic E-state index is 6.20. The van der Waals surface area contributed by atoms with Crippen molar-refractivity contribution in [3.05, 3.63) is 59.7 Å². The number of hydrogen-bond acceptors (Lipinski definition) is 2. The molecule has 2 aromatic rings. The number of unbranched alkanes of at least 4 members (excludes halogenated alkanes) is 1. The summed E-state index contributed by atoms with van der Waals surface area (Å²) in [5.74, 6) is 2.76. The number of rotatable bonds is 10. The maximum Gasteiger partial charge on any atom is 0.122 e. The molecule has 4 heteroatoms. The molecule has 1 aliphatic rings. The molecule has 1 unspecified atom stereocenters. The van der Waals surface area contributed by atoms with Crippen LogP contribution in [0.1, 0.15) is 43.7 Å². The Morgan fingerprint density at radius 2 is 1.86 bits per heavy atom. The van der Waals surface area contributed by atoms with Crippen LogP contribution in [0.5, 0.6) is 11.5 Å². The molecule has 0 spiro atoms. The molecule has 0 saturated carbocycles. The third kappa shape index (κ3) is 7.37. The van der Waals surface area contributed by atoms with Crippen molar-refractivity contribution in [1.29, 1.82) is 0 Å². The molecule has 0 radical (unpaired) electrons. The number of nitrogens with two attached hydrogens (primary N) is 1. The predicted octanol–water partition coefficient (Wildman–Crippen LogP) is 1.01. The van der Waals surface area contributed by atoms with Gasteiger partial charge in [-0.25, -0.2) is 0 Å². The molecule has 1 heterocycles.